The summed E-state index contributed by atoms with van der Waals surface area (Å²) in [5.74, 6) is -0.444. The van der Waals surface area contributed by atoms with Gasteiger partial charge >= 0.3 is 0 Å². The van der Waals surface area contributed by atoms with Gasteiger partial charge in [-0.05, 0) is 43.5 Å². The highest BCUT2D eigenvalue weighted by atomic mass is 16.2. The predicted octanol–water partition coefficient (Wildman–Crippen LogP) is 2.70. The number of carbonyl (C=O) groups excluding carboxylic acids is 2. The van der Waals surface area contributed by atoms with E-state index in [-0.39, 0.29) is 11.8 Å². The van der Waals surface area contributed by atoms with Gasteiger partial charge in [-0.25, -0.2) is 4.68 Å². The summed E-state index contributed by atoms with van der Waals surface area (Å²) in [5.41, 5.74) is 2.31. The van der Waals surface area contributed by atoms with Gasteiger partial charge in [-0.1, -0.05) is 24.5 Å². The van der Waals surface area contributed by atoms with Crippen molar-refractivity contribution in [2.45, 2.75) is 45.1 Å². The van der Waals surface area contributed by atoms with Gasteiger partial charge in [0, 0.05) is 18.3 Å². The molecule has 1 aliphatic carbocycles. The molecule has 25 heavy (non-hydrogen) atoms. The Kier molecular flexibility index (Phi) is 5.11. The summed E-state index contributed by atoms with van der Waals surface area (Å²) in [6.07, 6.45) is 7.56. The van der Waals surface area contributed by atoms with Crippen LogP contribution in [0.4, 0.5) is 5.69 Å². The Balaban J connectivity index is 1.69. The number of aryl methyl sites for hydroxylation is 1. The number of hydrogen-bond acceptors (Lipinski definition) is 4. The molecule has 2 N–H and O–H groups in total. The maximum atomic E-state index is 12.4. The van der Waals surface area contributed by atoms with Gasteiger partial charge in [0.15, 0.2) is 5.69 Å². The van der Waals surface area contributed by atoms with Crippen molar-refractivity contribution in [2.24, 2.45) is 0 Å². The van der Waals surface area contributed by atoms with E-state index in [2.05, 4.69) is 20.9 Å². The van der Waals surface area contributed by atoms with Crippen LogP contribution in [-0.2, 0) is 0 Å². The van der Waals surface area contributed by atoms with Gasteiger partial charge in [-0.3, -0.25) is 9.59 Å². The number of carbonyl (C=O) groups is 2. The number of hydrogen-bond donors (Lipinski definition) is 2. The molecule has 1 aromatic heterocycles. The average molecular weight is 341 g/mol. The standard InChI is InChI=1S/C18H23N5O2/c1-12-10-13(8-9-15(12)17(24)19-2)20-18(25)16-11-23(22-21-16)14-6-4-3-5-7-14/h8-11,14H,3-7H2,1-2H3,(H,19,24)(H,20,25). The van der Waals surface area contributed by atoms with Crippen LogP contribution in [0.3, 0.4) is 0 Å². The third-order valence-electron chi connectivity index (χ3n) is 4.65. The van der Waals surface area contributed by atoms with Crippen molar-refractivity contribution >= 4 is 17.5 Å². The number of amides is 2. The molecule has 0 unspecified atom stereocenters. The van der Waals surface area contributed by atoms with Gasteiger partial charge < -0.3 is 10.6 Å². The summed E-state index contributed by atoms with van der Waals surface area (Å²) in [4.78, 5) is 24.1. The van der Waals surface area contributed by atoms with Crippen LogP contribution >= 0.6 is 0 Å². The number of nitrogens with zero attached hydrogens (tertiary/aromatic N) is 3. The second-order valence-corrected chi connectivity index (χ2v) is 6.44. The largest absolute Gasteiger partial charge is 0.355 e. The van der Waals surface area contributed by atoms with E-state index in [1.807, 2.05) is 11.6 Å². The van der Waals surface area contributed by atoms with Crippen molar-refractivity contribution in [3.05, 3.63) is 41.2 Å². The number of nitrogens with one attached hydrogen (secondary N) is 2. The maximum Gasteiger partial charge on any atom is 0.277 e. The lowest BCUT2D eigenvalue weighted by Crippen LogP contribution is -2.19. The van der Waals surface area contributed by atoms with Gasteiger partial charge in [-0.15, -0.1) is 5.10 Å². The monoisotopic (exact) mass is 341 g/mol. The molecule has 1 heterocycles. The van der Waals surface area contributed by atoms with Crippen LogP contribution < -0.4 is 10.6 Å². The van der Waals surface area contributed by atoms with Crippen LogP contribution in [-0.4, -0.2) is 33.9 Å². The first-order valence-corrected chi connectivity index (χ1v) is 8.64. The van der Waals surface area contributed by atoms with Crippen molar-refractivity contribution in [3.8, 4) is 0 Å². The van der Waals surface area contributed by atoms with E-state index in [0.717, 1.165) is 18.4 Å². The molecular weight excluding hydrogens is 318 g/mol. The van der Waals surface area contributed by atoms with E-state index < -0.39 is 0 Å². The summed E-state index contributed by atoms with van der Waals surface area (Å²) < 4.78 is 1.81. The number of aromatic nitrogens is 3. The Labute approximate surface area is 146 Å². The SMILES string of the molecule is CNC(=O)c1ccc(NC(=O)c2cn(C3CCCCC3)nn2)cc1C. The first-order chi connectivity index (χ1) is 12.1. The summed E-state index contributed by atoms with van der Waals surface area (Å²) >= 11 is 0. The fourth-order valence-corrected chi connectivity index (χ4v) is 3.23. The number of anilines is 1. The molecule has 0 radical (unpaired) electrons. The van der Waals surface area contributed by atoms with Gasteiger partial charge in [0.05, 0.1) is 12.2 Å². The molecule has 132 valence electrons. The van der Waals surface area contributed by atoms with Gasteiger partial charge in [0.2, 0.25) is 0 Å². The predicted molar refractivity (Wildman–Crippen MR) is 94.7 cm³/mol. The van der Waals surface area contributed by atoms with E-state index in [9.17, 15) is 9.59 Å². The minimum atomic E-state index is -0.297. The van der Waals surface area contributed by atoms with Crippen molar-refractivity contribution in [3.63, 3.8) is 0 Å². The highest BCUT2D eigenvalue weighted by Gasteiger charge is 2.19. The zero-order chi connectivity index (χ0) is 17.8. The van der Waals surface area contributed by atoms with Crippen molar-refractivity contribution in [1.29, 1.82) is 0 Å². The lowest BCUT2D eigenvalue weighted by atomic mass is 9.96. The molecule has 2 aromatic rings. The first-order valence-electron chi connectivity index (χ1n) is 8.64. The Morgan fingerprint density at radius 2 is 1.92 bits per heavy atom. The van der Waals surface area contributed by atoms with E-state index in [0.29, 0.717) is 23.0 Å². The van der Waals surface area contributed by atoms with Crippen LogP contribution in [0.2, 0.25) is 0 Å². The Bertz CT molecular complexity index is 778. The summed E-state index contributed by atoms with van der Waals surface area (Å²) in [6, 6.07) is 5.52. The molecule has 3 rings (SSSR count). The molecule has 7 heteroatoms. The van der Waals surface area contributed by atoms with Crippen molar-refractivity contribution in [1.82, 2.24) is 20.3 Å². The Morgan fingerprint density at radius 1 is 1.16 bits per heavy atom. The minimum Gasteiger partial charge on any atom is -0.355 e. The quantitative estimate of drug-likeness (QED) is 0.895. The van der Waals surface area contributed by atoms with Gasteiger partial charge in [-0.2, -0.15) is 0 Å². The molecule has 0 aliphatic heterocycles. The zero-order valence-electron chi connectivity index (χ0n) is 14.6. The first kappa shape index (κ1) is 17.1. The van der Waals surface area contributed by atoms with Crippen molar-refractivity contribution < 1.29 is 9.59 Å². The average Bonchev–Trinajstić information content (AvgIpc) is 3.12. The molecule has 1 saturated carbocycles. The number of benzene rings is 1. The lowest BCUT2D eigenvalue weighted by Gasteiger charge is -2.20. The fourth-order valence-electron chi connectivity index (χ4n) is 3.23. The summed E-state index contributed by atoms with van der Waals surface area (Å²) in [6.45, 7) is 1.83. The highest BCUT2D eigenvalue weighted by molar-refractivity contribution is 6.03. The second kappa shape index (κ2) is 7.46. The van der Waals surface area contributed by atoms with Crippen LogP contribution in [0.25, 0.3) is 0 Å². The summed E-state index contributed by atoms with van der Waals surface area (Å²) in [5, 5.41) is 13.5. The molecular formula is C18H23N5O2. The zero-order valence-corrected chi connectivity index (χ0v) is 14.6. The maximum absolute atomic E-state index is 12.4. The molecule has 7 nitrogen and oxygen atoms in total. The Hall–Kier alpha value is -2.70. The molecule has 1 aliphatic rings. The second-order valence-electron chi connectivity index (χ2n) is 6.44. The highest BCUT2D eigenvalue weighted by Crippen LogP contribution is 2.27. The molecule has 0 spiro atoms. The van der Waals surface area contributed by atoms with Crippen molar-refractivity contribution in [2.75, 3.05) is 12.4 Å². The lowest BCUT2D eigenvalue weighted by molar-refractivity contribution is 0.0961. The van der Waals surface area contributed by atoms with E-state index in [1.165, 1.54) is 19.3 Å². The van der Waals surface area contributed by atoms with Gasteiger partial charge in [0.1, 0.15) is 0 Å². The number of rotatable bonds is 4. The van der Waals surface area contributed by atoms with E-state index in [1.54, 1.807) is 31.4 Å². The molecule has 1 fully saturated rings. The third-order valence-corrected chi connectivity index (χ3v) is 4.65. The Morgan fingerprint density at radius 3 is 2.60 bits per heavy atom. The topological polar surface area (TPSA) is 88.9 Å². The fraction of sp³-hybridized carbons (Fsp3) is 0.444. The van der Waals surface area contributed by atoms with E-state index >= 15 is 0 Å². The van der Waals surface area contributed by atoms with Crippen LogP contribution in [0.1, 0.15) is 64.6 Å². The molecule has 2 amide bonds. The smallest absolute Gasteiger partial charge is 0.277 e. The van der Waals surface area contributed by atoms with Crippen LogP contribution in [0.5, 0.6) is 0 Å². The van der Waals surface area contributed by atoms with Gasteiger partial charge in [0.25, 0.3) is 11.8 Å². The molecule has 1 aromatic carbocycles. The normalized spacial score (nSPS) is 15.0. The van der Waals surface area contributed by atoms with Crippen LogP contribution in [0, 0.1) is 6.92 Å². The van der Waals surface area contributed by atoms with Crippen LogP contribution in [0.15, 0.2) is 24.4 Å². The van der Waals surface area contributed by atoms with E-state index in [4.69, 9.17) is 0 Å². The summed E-state index contributed by atoms with van der Waals surface area (Å²) in [7, 11) is 1.59. The molecule has 0 atom stereocenters. The minimum absolute atomic E-state index is 0.147. The molecule has 0 bridgehead atoms. The molecule has 0 saturated heterocycles. The third kappa shape index (κ3) is 3.87.